The van der Waals surface area contributed by atoms with Gasteiger partial charge >= 0.3 is 6.18 Å². The van der Waals surface area contributed by atoms with Crippen molar-refractivity contribution in [2.45, 2.75) is 25.9 Å². The Bertz CT molecular complexity index is 680. The Morgan fingerprint density at radius 2 is 1.83 bits per heavy atom. The molecule has 5 heteroatoms. The van der Waals surface area contributed by atoms with E-state index in [-0.39, 0.29) is 5.91 Å². The van der Waals surface area contributed by atoms with E-state index in [2.05, 4.69) is 5.32 Å². The molecule has 2 aromatic carbocycles. The molecule has 0 aliphatic heterocycles. The number of aryl methyl sites for hydroxylation is 2. The second-order valence-electron chi connectivity index (χ2n) is 5.37. The highest BCUT2D eigenvalue weighted by Crippen LogP contribution is 2.29. The summed E-state index contributed by atoms with van der Waals surface area (Å²) >= 11 is 0. The summed E-state index contributed by atoms with van der Waals surface area (Å²) < 4.78 is 37.9. The Kier molecular flexibility index (Phi) is 5.42. The van der Waals surface area contributed by atoms with Crippen LogP contribution in [0.2, 0.25) is 0 Å². The van der Waals surface area contributed by atoms with Crippen molar-refractivity contribution >= 4 is 5.91 Å². The average Bonchev–Trinajstić information content (AvgIpc) is 2.51. The number of benzene rings is 2. The van der Waals surface area contributed by atoms with Crippen molar-refractivity contribution in [3.63, 3.8) is 0 Å². The van der Waals surface area contributed by atoms with Gasteiger partial charge in [0.25, 0.3) is 5.91 Å². The van der Waals surface area contributed by atoms with Gasteiger partial charge in [-0.15, -0.1) is 0 Å². The second-order valence-corrected chi connectivity index (χ2v) is 5.37. The first kappa shape index (κ1) is 17.1. The molecule has 0 saturated carbocycles. The number of halogens is 3. The number of hydrogen-bond acceptors (Lipinski definition) is 1. The fourth-order valence-electron chi connectivity index (χ4n) is 2.32. The van der Waals surface area contributed by atoms with Crippen LogP contribution in [0.1, 0.15) is 33.5 Å². The topological polar surface area (TPSA) is 29.1 Å². The molecule has 122 valence electrons. The first-order valence-corrected chi connectivity index (χ1v) is 7.38. The number of nitrogens with one attached hydrogen (secondary N) is 1. The van der Waals surface area contributed by atoms with Crippen molar-refractivity contribution in [1.82, 2.24) is 5.32 Å². The van der Waals surface area contributed by atoms with Crippen LogP contribution in [-0.4, -0.2) is 12.5 Å². The lowest BCUT2D eigenvalue weighted by atomic mass is 10.1. The first-order chi connectivity index (χ1) is 10.9. The minimum Gasteiger partial charge on any atom is -0.352 e. The fourth-order valence-corrected chi connectivity index (χ4v) is 2.32. The van der Waals surface area contributed by atoms with Gasteiger partial charge in [0.1, 0.15) is 0 Å². The number of hydrogen-bond donors (Lipinski definition) is 1. The lowest BCUT2D eigenvalue weighted by molar-refractivity contribution is -0.137. The van der Waals surface area contributed by atoms with Crippen LogP contribution in [0.5, 0.6) is 0 Å². The van der Waals surface area contributed by atoms with Crippen molar-refractivity contribution in [3.05, 3.63) is 70.8 Å². The van der Waals surface area contributed by atoms with Gasteiger partial charge < -0.3 is 5.32 Å². The predicted molar refractivity (Wildman–Crippen MR) is 83.3 cm³/mol. The van der Waals surface area contributed by atoms with E-state index < -0.39 is 11.7 Å². The first-order valence-electron chi connectivity index (χ1n) is 7.38. The molecule has 0 radical (unpaired) electrons. The Morgan fingerprint density at radius 3 is 2.52 bits per heavy atom. The van der Waals surface area contributed by atoms with Crippen molar-refractivity contribution < 1.29 is 18.0 Å². The van der Waals surface area contributed by atoms with Crippen molar-refractivity contribution in [2.75, 3.05) is 6.54 Å². The predicted octanol–water partition coefficient (Wildman–Crippen LogP) is 4.38. The van der Waals surface area contributed by atoms with E-state index in [0.29, 0.717) is 30.5 Å². The van der Waals surface area contributed by atoms with Gasteiger partial charge in [0.2, 0.25) is 0 Å². The monoisotopic (exact) mass is 321 g/mol. The third-order valence-electron chi connectivity index (χ3n) is 3.57. The molecule has 2 rings (SSSR count). The molecule has 1 amide bonds. The van der Waals surface area contributed by atoms with E-state index >= 15 is 0 Å². The molecule has 2 aromatic rings. The Balaban J connectivity index is 1.84. The molecule has 0 heterocycles. The van der Waals surface area contributed by atoms with Crippen LogP contribution in [-0.2, 0) is 12.6 Å². The summed E-state index contributed by atoms with van der Waals surface area (Å²) in [5.74, 6) is -0.160. The molecule has 23 heavy (non-hydrogen) atoms. The Morgan fingerprint density at radius 1 is 1.09 bits per heavy atom. The lowest BCUT2D eigenvalue weighted by Gasteiger charge is -2.09. The highest BCUT2D eigenvalue weighted by molar-refractivity contribution is 5.95. The van der Waals surface area contributed by atoms with Gasteiger partial charge in [0, 0.05) is 12.1 Å². The molecule has 0 unspecified atom stereocenters. The summed E-state index contributed by atoms with van der Waals surface area (Å²) in [4.78, 5) is 12.0. The molecule has 0 aliphatic rings. The molecule has 0 aliphatic carbocycles. The van der Waals surface area contributed by atoms with Crippen LogP contribution in [0.4, 0.5) is 13.2 Å². The van der Waals surface area contributed by atoms with E-state index in [1.165, 1.54) is 6.07 Å². The minimum atomic E-state index is -4.32. The van der Waals surface area contributed by atoms with E-state index in [1.54, 1.807) is 18.2 Å². The van der Waals surface area contributed by atoms with E-state index in [9.17, 15) is 18.0 Å². The SMILES string of the molecule is Cc1ccccc1C(=O)NCCCc1cccc(C(F)(F)F)c1. The van der Waals surface area contributed by atoms with Gasteiger partial charge in [-0.3, -0.25) is 4.79 Å². The van der Waals surface area contributed by atoms with E-state index in [4.69, 9.17) is 0 Å². The molecule has 0 aromatic heterocycles. The molecule has 0 fully saturated rings. The van der Waals surface area contributed by atoms with Gasteiger partial charge in [-0.05, 0) is 43.0 Å². The summed E-state index contributed by atoms with van der Waals surface area (Å²) in [6.07, 6.45) is -3.26. The fraction of sp³-hybridized carbons (Fsp3) is 0.278. The maximum atomic E-state index is 12.6. The van der Waals surface area contributed by atoms with Crippen molar-refractivity contribution in [3.8, 4) is 0 Å². The highest BCUT2D eigenvalue weighted by atomic mass is 19.4. The molecular weight excluding hydrogens is 303 g/mol. The summed E-state index contributed by atoms with van der Waals surface area (Å²) in [5, 5.41) is 2.79. The summed E-state index contributed by atoms with van der Waals surface area (Å²) in [6.45, 7) is 2.28. The average molecular weight is 321 g/mol. The maximum Gasteiger partial charge on any atom is 0.416 e. The Labute approximate surface area is 133 Å². The summed E-state index contributed by atoms with van der Waals surface area (Å²) in [6, 6.07) is 12.6. The Hall–Kier alpha value is -2.30. The molecule has 1 N–H and O–H groups in total. The van der Waals surface area contributed by atoms with Gasteiger partial charge in [-0.25, -0.2) is 0 Å². The molecular formula is C18H18F3NO. The van der Waals surface area contributed by atoms with Gasteiger partial charge in [0.05, 0.1) is 5.56 Å². The van der Waals surface area contributed by atoms with E-state index in [1.807, 2.05) is 19.1 Å². The van der Waals surface area contributed by atoms with Crippen LogP contribution in [0.25, 0.3) is 0 Å². The number of carbonyl (C=O) groups is 1. The summed E-state index contributed by atoms with van der Waals surface area (Å²) in [7, 11) is 0. The third kappa shape index (κ3) is 4.84. The summed E-state index contributed by atoms with van der Waals surface area (Å²) in [5.41, 5.74) is 1.48. The number of carbonyl (C=O) groups excluding carboxylic acids is 1. The van der Waals surface area contributed by atoms with Crippen LogP contribution in [0.15, 0.2) is 48.5 Å². The quantitative estimate of drug-likeness (QED) is 0.814. The highest BCUT2D eigenvalue weighted by Gasteiger charge is 2.30. The maximum absolute atomic E-state index is 12.6. The number of amides is 1. The largest absolute Gasteiger partial charge is 0.416 e. The van der Waals surface area contributed by atoms with Crippen molar-refractivity contribution in [2.24, 2.45) is 0 Å². The van der Waals surface area contributed by atoms with Gasteiger partial charge in [-0.1, -0.05) is 36.4 Å². The number of alkyl halides is 3. The van der Waals surface area contributed by atoms with Gasteiger partial charge in [-0.2, -0.15) is 13.2 Å². The zero-order valence-corrected chi connectivity index (χ0v) is 12.8. The lowest BCUT2D eigenvalue weighted by Crippen LogP contribution is -2.25. The zero-order chi connectivity index (χ0) is 16.9. The normalized spacial score (nSPS) is 11.3. The van der Waals surface area contributed by atoms with Crippen LogP contribution >= 0.6 is 0 Å². The smallest absolute Gasteiger partial charge is 0.352 e. The standard InChI is InChI=1S/C18H18F3NO/c1-13-6-2-3-10-16(13)17(23)22-11-5-8-14-7-4-9-15(12-14)18(19,20)21/h2-4,6-7,9-10,12H,5,8,11H2,1H3,(H,22,23). The van der Waals surface area contributed by atoms with Crippen LogP contribution in [0, 0.1) is 6.92 Å². The van der Waals surface area contributed by atoms with E-state index in [0.717, 1.165) is 17.7 Å². The molecule has 0 bridgehead atoms. The van der Waals surface area contributed by atoms with Crippen molar-refractivity contribution in [1.29, 1.82) is 0 Å². The number of rotatable bonds is 5. The van der Waals surface area contributed by atoms with Gasteiger partial charge in [0.15, 0.2) is 0 Å². The second kappa shape index (κ2) is 7.31. The zero-order valence-electron chi connectivity index (χ0n) is 12.8. The molecule has 2 nitrogen and oxygen atoms in total. The molecule has 0 saturated heterocycles. The molecule has 0 atom stereocenters. The minimum absolute atomic E-state index is 0.160. The van der Waals surface area contributed by atoms with Crippen LogP contribution in [0.3, 0.4) is 0 Å². The van der Waals surface area contributed by atoms with Crippen LogP contribution < -0.4 is 5.32 Å². The molecule has 0 spiro atoms. The third-order valence-corrected chi connectivity index (χ3v) is 3.57.